The van der Waals surface area contributed by atoms with E-state index >= 15 is 0 Å². The summed E-state index contributed by atoms with van der Waals surface area (Å²) in [6.45, 7) is 4.95. The van der Waals surface area contributed by atoms with Gasteiger partial charge in [0.15, 0.2) is 0 Å². The van der Waals surface area contributed by atoms with E-state index in [1.807, 2.05) is 13.8 Å². The van der Waals surface area contributed by atoms with Gasteiger partial charge in [-0.2, -0.15) is 0 Å². The summed E-state index contributed by atoms with van der Waals surface area (Å²) in [7, 11) is 0. The molecule has 0 spiro atoms. The number of carbonyl (C=O) groups is 1. The molecular weight excluding hydrogens is 348 g/mol. The van der Waals surface area contributed by atoms with E-state index in [4.69, 9.17) is 29.6 Å². The summed E-state index contributed by atoms with van der Waals surface area (Å²) in [6.07, 6.45) is 0. The lowest BCUT2D eigenvalue weighted by molar-refractivity contribution is 0.0754. The van der Waals surface area contributed by atoms with Gasteiger partial charge in [0.25, 0.3) is 5.91 Å². The van der Waals surface area contributed by atoms with Crippen LogP contribution in [0.1, 0.15) is 24.2 Å². The quantitative estimate of drug-likeness (QED) is 0.815. The number of benzene rings is 1. The van der Waals surface area contributed by atoms with Crippen LogP contribution < -0.4 is 5.73 Å². The van der Waals surface area contributed by atoms with Crippen LogP contribution in [0.2, 0.25) is 5.02 Å². The molecule has 0 saturated heterocycles. The molecule has 1 aromatic carbocycles. The van der Waals surface area contributed by atoms with Gasteiger partial charge in [0.1, 0.15) is 0 Å². The van der Waals surface area contributed by atoms with Gasteiger partial charge in [-0.25, -0.2) is 0 Å². The molecule has 0 aliphatic heterocycles. The summed E-state index contributed by atoms with van der Waals surface area (Å²) in [5.74, 6) is -0.0703. The normalized spacial score (nSPS) is 12.0. The Morgan fingerprint density at radius 2 is 2.21 bits per heavy atom. The molecule has 19 heavy (non-hydrogen) atoms. The molecule has 0 bridgehead atoms. The molecule has 0 aromatic heterocycles. The fourth-order valence-corrected chi connectivity index (χ4v) is 2.54. The van der Waals surface area contributed by atoms with Crippen LogP contribution in [-0.4, -0.2) is 28.9 Å². The molecule has 1 atom stereocenters. The van der Waals surface area contributed by atoms with E-state index in [9.17, 15) is 4.79 Å². The Balaban J connectivity index is 2.92. The number of rotatable bonds is 5. The van der Waals surface area contributed by atoms with Crippen LogP contribution in [0, 0.1) is 5.92 Å². The molecule has 0 aliphatic carbocycles. The standard InChI is InChI=1S/C13H16BrClN2OS/c1-3-17(7-8(2)12(16)19)13(18)10-5-4-9(15)6-11(10)14/h4-6,8H,3,7H2,1-2H3,(H2,16,19). The van der Waals surface area contributed by atoms with Crippen molar-refractivity contribution in [1.82, 2.24) is 4.90 Å². The average molecular weight is 364 g/mol. The largest absolute Gasteiger partial charge is 0.393 e. The second kappa shape index (κ2) is 7.22. The van der Waals surface area contributed by atoms with Crippen molar-refractivity contribution >= 4 is 50.6 Å². The van der Waals surface area contributed by atoms with Crippen molar-refractivity contribution in [3.8, 4) is 0 Å². The van der Waals surface area contributed by atoms with E-state index in [0.717, 1.165) is 0 Å². The molecule has 0 saturated carbocycles. The number of nitrogens with two attached hydrogens (primary N) is 1. The third-order valence-electron chi connectivity index (χ3n) is 2.81. The molecular formula is C13H16BrClN2OS. The first kappa shape index (κ1) is 16.4. The molecule has 0 fully saturated rings. The van der Waals surface area contributed by atoms with E-state index in [-0.39, 0.29) is 11.8 Å². The SMILES string of the molecule is CCN(CC(C)C(N)=S)C(=O)c1ccc(Cl)cc1Br. The molecule has 2 N–H and O–H groups in total. The fourth-order valence-electron chi connectivity index (χ4n) is 1.61. The molecule has 0 aliphatic rings. The van der Waals surface area contributed by atoms with Crippen LogP contribution >= 0.6 is 39.7 Å². The van der Waals surface area contributed by atoms with E-state index in [0.29, 0.717) is 33.1 Å². The van der Waals surface area contributed by atoms with Gasteiger partial charge in [-0.05, 0) is 41.1 Å². The number of carbonyl (C=O) groups excluding carboxylic acids is 1. The fraction of sp³-hybridized carbons (Fsp3) is 0.385. The molecule has 104 valence electrons. The second-order valence-electron chi connectivity index (χ2n) is 4.27. The average Bonchev–Trinajstić information content (AvgIpc) is 2.34. The minimum atomic E-state index is -0.0610. The zero-order valence-electron chi connectivity index (χ0n) is 10.8. The van der Waals surface area contributed by atoms with E-state index in [1.54, 1.807) is 23.1 Å². The van der Waals surface area contributed by atoms with Crippen molar-refractivity contribution in [3.63, 3.8) is 0 Å². The number of hydrogen-bond donors (Lipinski definition) is 1. The Bertz CT molecular complexity index is 496. The minimum absolute atomic E-state index is 0.00928. The van der Waals surface area contributed by atoms with Crippen LogP contribution in [0.4, 0.5) is 0 Å². The highest BCUT2D eigenvalue weighted by Gasteiger charge is 2.19. The van der Waals surface area contributed by atoms with Crippen LogP contribution in [0.25, 0.3) is 0 Å². The van der Waals surface area contributed by atoms with E-state index < -0.39 is 0 Å². The van der Waals surface area contributed by atoms with Gasteiger partial charge >= 0.3 is 0 Å². The Kier molecular flexibility index (Phi) is 6.23. The van der Waals surface area contributed by atoms with Crippen molar-refractivity contribution in [2.75, 3.05) is 13.1 Å². The van der Waals surface area contributed by atoms with Gasteiger partial charge in [0.2, 0.25) is 0 Å². The summed E-state index contributed by atoms with van der Waals surface area (Å²) in [6, 6.07) is 5.12. The van der Waals surface area contributed by atoms with Gasteiger partial charge in [0.05, 0.1) is 10.6 Å². The highest BCUT2D eigenvalue weighted by molar-refractivity contribution is 9.10. The van der Waals surface area contributed by atoms with Crippen LogP contribution in [0.3, 0.4) is 0 Å². The van der Waals surface area contributed by atoms with E-state index in [1.165, 1.54) is 0 Å². The van der Waals surface area contributed by atoms with E-state index in [2.05, 4.69) is 15.9 Å². The van der Waals surface area contributed by atoms with Gasteiger partial charge in [-0.3, -0.25) is 4.79 Å². The Hall–Kier alpha value is -0.650. The number of amides is 1. The number of thiocarbonyl (C=S) groups is 1. The highest BCUT2D eigenvalue weighted by Crippen LogP contribution is 2.23. The number of nitrogens with zero attached hydrogens (tertiary/aromatic N) is 1. The molecule has 0 heterocycles. The first-order chi connectivity index (χ1) is 8.86. The maximum absolute atomic E-state index is 12.4. The van der Waals surface area contributed by atoms with Gasteiger partial charge in [-0.15, -0.1) is 0 Å². The minimum Gasteiger partial charge on any atom is -0.393 e. The first-order valence-electron chi connectivity index (χ1n) is 5.90. The molecule has 1 aromatic rings. The zero-order valence-corrected chi connectivity index (χ0v) is 14.0. The lowest BCUT2D eigenvalue weighted by Crippen LogP contribution is -2.38. The predicted octanol–water partition coefficient (Wildman–Crippen LogP) is 3.49. The van der Waals surface area contributed by atoms with Crippen molar-refractivity contribution in [2.45, 2.75) is 13.8 Å². The lowest BCUT2D eigenvalue weighted by Gasteiger charge is -2.24. The zero-order chi connectivity index (χ0) is 14.6. The lowest BCUT2D eigenvalue weighted by atomic mass is 10.1. The van der Waals surface area contributed by atoms with Crippen molar-refractivity contribution in [1.29, 1.82) is 0 Å². The first-order valence-corrected chi connectivity index (χ1v) is 7.48. The third kappa shape index (κ3) is 4.44. The summed E-state index contributed by atoms with van der Waals surface area (Å²) in [5.41, 5.74) is 6.18. The van der Waals surface area contributed by atoms with Crippen molar-refractivity contribution in [3.05, 3.63) is 33.3 Å². The van der Waals surface area contributed by atoms with Crippen molar-refractivity contribution in [2.24, 2.45) is 11.7 Å². The maximum atomic E-state index is 12.4. The van der Waals surface area contributed by atoms with Gasteiger partial charge in [-0.1, -0.05) is 30.7 Å². The molecule has 1 unspecified atom stereocenters. The van der Waals surface area contributed by atoms with Crippen molar-refractivity contribution < 1.29 is 4.79 Å². The number of halogens is 2. The van der Waals surface area contributed by atoms with Gasteiger partial charge < -0.3 is 10.6 Å². The summed E-state index contributed by atoms with van der Waals surface area (Å²) in [5, 5.41) is 0.586. The highest BCUT2D eigenvalue weighted by atomic mass is 79.9. The van der Waals surface area contributed by atoms with Crippen LogP contribution in [0.5, 0.6) is 0 Å². The summed E-state index contributed by atoms with van der Waals surface area (Å²) >= 11 is 14.2. The summed E-state index contributed by atoms with van der Waals surface area (Å²) in [4.78, 5) is 14.6. The molecule has 0 radical (unpaired) electrons. The molecule has 1 rings (SSSR count). The van der Waals surface area contributed by atoms with Gasteiger partial charge in [0, 0.05) is 28.5 Å². The number of hydrogen-bond acceptors (Lipinski definition) is 2. The van der Waals surface area contributed by atoms with Crippen LogP contribution in [0.15, 0.2) is 22.7 Å². The molecule has 3 nitrogen and oxygen atoms in total. The second-order valence-corrected chi connectivity index (χ2v) is 6.03. The Morgan fingerprint density at radius 3 is 2.68 bits per heavy atom. The maximum Gasteiger partial charge on any atom is 0.255 e. The summed E-state index contributed by atoms with van der Waals surface area (Å²) < 4.78 is 0.687. The smallest absolute Gasteiger partial charge is 0.255 e. The third-order valence-corrected chi connectivity index (χ3v) is 4.10. The topological polar surface area (TPSA) is 46.3 Å². The predicted molar refractivity (Wildman–Crippen MR) is 86.7 cm³/mol. The van der Waals surface area contributed by atoms with Crippen LogP contribution in [-0.2, 0) is 0 Å². The molecule has 1 amide bonds. The Morgan fingerprint density at radius 1 is 1.58 bits per heavy atom. The monoisotopic (exact) mass is 362 g/mol. The molecule has 6 heteroatoms. The Labute approximate surface area is 132 Å².